The summed E-state index contributed by atoms with van der Waals surface area (Å²) in [6, 6.07) is 6.21. The SMILES string of the molecule is Cc1cc(C(=O)N2CCC[C@@H]2c2nccs2)c2ccc(F)cc2n1. The molecule has 2 aromatic heterocycles. The molecule has 1 saturated heterocycles. The minimum atomic E-state index is -0.346. The lowest BCUT2D eigenvalue weighted by molar-refractivity contribution is 0.0737. The van der Waals surface area contributed by atoms with E-state index in [1.54, 1.807) is 29.7 Å². The molecule has 3 heterocycles. The number of rotatable bonds is 2. The van der Waals surface area contributed by atoms with Crippen molar-refractivity contribution in [2.45, 2.75) is 25.8 Å². The highest BCUT2D eigenvalue weighted by Crippen LogP contribution is 2.35. The van der Waals surface area contributed by atoms with Crippen molar-refractivity contribution in [3.8, 4) is 0 Å². The molecule has 0 aliphatic carbocycles. The van der Waals surface area contributed by atoms with Crippen molar-refractivity contribution >= 4 is 28.1 Å². The van der Waals surface area contributed by atoms with Crippen LogP contribution in [0.4, 0.5) is 4.39 Å². The number of halogens is 1. The molecular formula is C18H16FN3OS. The number of benzene rings is 1. The molecule has 1 amide bonds. The molecule has 1 fully saturated rings. The molecule has 6 heteroatoms. The van der Waals surface area contributed by atoms with Gasteiger partial charge >= 0.3 is 0 Å². The first kappa shape index (κ1) is 15.2. The quantitative estimate of drug-likeness (QED) is 0.704. The number of aryl methyl sites for hydroxylation is 1. The normalized spacial score (nSPS) is 17.6. The van der Waals surface area contributed by atoms with E-state index < -0.39 is 0 Å². The van der Waals surface area contributed by atoms with Crippen LogP contribution in [-0.2, 0) is 0 Å². The van der Waals surface area contributed by atoms with Gasteiger partial charge in [-0.3, -0.25) is 9.78 Å². The maximum absolute atomic E-state index is 13.5. The molecule has 1 aromatic carbocycles. The number of fused-ring (bicyclic) bond motifs is 1. The van der Waals surface area contributed by atoms with E-state index in [-0.39, 0.29) is 17.8 Å². The van der Waals surface area contributed by atoms with Crippen LogP contribution in [0.2, 0.25) is 0 Å². The first-order valence-corrected chi connectivity index (χ1v) is 8.79. The zero-order valence-electron chi connectivity index (χ0n) is 13.2. The molecule has 1 aliphatic rings. The molecule has 0 spiro atoms. The summed E-state index contributed by atoms with van der Waals surface area (Å²) in [5, 5.41) is 3.60. The fraction of sp³-hybridized carbons (Fsp3) is 0.278. The third-order valence-corrected chi connectivity index (χ3v) is 5.26. The summed E-state index contributed by atoms with van der Waals surface area (Å²) in [6.07, 6.45) is 3.66. The molecule has 0 bridgehead atoms. The van der Waals surface area contributed by atoms with Crippen LogP contribution in [-0.4, -0.2) is 27.3 Å². The van der Waals surface area contributed by atoms with Gasteiger partial charge in [0.1, 0.15) is 10.8 Å². The number of carbonyl (C=O) groups excluding carboxylic acids is 1. The van der Waals surface area contributed by atoms with Crippen molar-refractivity contribution in [3.05, 3.63) is 57.9 Å². The van der Waals surface area contributed by atoms with Crippen LogP contribution < -0.4 is 0 Å². The van der Waals surface area contributed by atoms with E-state index in [4.69, 9.17) is 0 Å². The summed E-state index contributed by atoms with van der Waals surface area (Å²) in [6.45, 7) is 2.54. The van der Waals surface area contributed by atoms with Crippen LogP contribution in [0.3, 0.4) is 0 Å². The predicted octanol–water partition coefficient (Wildman–Crippen LogP) is 4.12. The van der Waals surface area contributed by atoms with Gasteiger partial charge in [-0.2, -0.15) is 0 Å². The number of nitrogens with zero attached hydrogens (tertiary/aromatic N) is 3. The molecule has 4 rings (SSSR count). The van der Waals surface area contributed by atoms with Gasteiger partial charge in [-0.1, -0.05) is 0 Å². The second kappa shape index (κ2) is 5.94. The lowest BCUT2D eigenvalue weighted by Gasteiger charge is -2.24. The second-order valence-electron chi connectivity index (χ2n) is 6.00. The van der Waals surface area contributed by atoms with E-state index in [0.29, 0.717) is 28.7 Å². The Hall–Kier alpha value is -2.34. The minimum Gasteiger partial charge on any atom is -0.329 e. The molecule has 0 radical (unpaired) electrons. The number of pyridine rings is 1. The zero-order valence-corrected chi connectivity index (χ0v) is 14.0. The van der Waals surface area contributed by atoms with Gasteiger partial charge in [0.2, 0.25) is 0 Å². The van der Waals surface area contributed by atoms with Crippen LogP contribution in [0, 0.1) is 12.7 Å². The Bertz CT molecular complexity index is 905. The van der Waals surface area contributed by atoms with E-state index >= 15 is 0 Å². The van der Waals surface area contributed by atoms with Gasteiger partial charge in [0, 0.05) is 35.3 Å². The fourth-order valence-corrected chi connectivity index (χ4v) is 4.12. The highest BCUT2D eigenvalue weighted by Gasteiger charge is 2.33. The smallest absolute Gasteiger partial charge is 0.255 e. The first-order chi connectivity index (χ1) is 11.6. The third kappa shape index (κ3) is 2.57. The van der Waals surface area contributed by atoms with Crippen molar-refractivity contribution in [1.82, 2.24) is 14.9 Å². The van der Waals surface area contributed by atoms with Crippen LogP contribution in [0.1, 0.15) is 39.9 Å². The maximum atomic E-state index is 13.5. The van der Waals surface area contributed by atoms with E-state index in [1.807, 2.05) is 17.2 Å². The fourth-order valence-electron chi connectivity index (χ4n) is 3.33. The number of aromatic nitrogens is 2. The van der Waals surface area contributed by atoms with Gasteiger partial charge in [0.25, 0.3) is 5.91 Å². The number of thiazole rings is 1. The standard InChI is InChI=1S/C18H16FN3OS/c1-11-9-14(13-5-4-12(19)10-15(13)21-11)18(23)22-7-2-3-16(22)17-20-6-8-24-17/h4-6,8-10,16H,2-3,7H2,1H3/t16-/m1/s1. The highest BCUT2D eigenvalue weighted by atomic mass is 32.1. The molecule has 0 N–H and O–H groups in total. The Morgan fingerprint density at radius 3 is 3.04 bits per heavy atom. The van der Waals surface area contributed by atoms with Crippen molar-refractivity contribution in [2.75, 3.05) is 6.54 Å². The van der Waals surface area contributed by atoms with Crippen molar-refractivity contribution in [3.63, 3.8) is 0 Å². The number of hydrogen-bond acceptors (Lipinski definition) is 4. The molecule has 0 unspecified atom stereocenters. The van der Waals surface area contributed by atoms with Crippen LogP contribution >= 0.6 is 11.3 Å². The van der Waals surface area contributed by atoms with Gasteiger partial charge in [-0.25, -0.2) is 9.37 Å². The molecule has 0 saturated carbocycles. The number of amides is 1. The molecule has 1 aliphatic heterocycles. The maximum Gasteiger partial charge on any atom is 0.255 e. The van der Waals surface area contributed by atoms with Crippen LogP contribution in [0.15, 0.2) is 35.8 Å². The summed E-state index contributed by atoms with van der Waals surface area (Å²) in [7, 11) is 0. The Balaban J connectivity index is 1.78. The van der Waals surface area contributed by atoms with Gasteiger partial charge in [-0.05, 0) is 38.0 Å². The van der Waals surface area contributed by atoms with E-state index in [0.717, 1.165) is 17.8 Å². The number of hydrogen-bond donors (Lipinski definition) is 0. The van der Waals surface area contributed by atoms with Gasteiger partial charge in [-0.15, -0.1) is 11.3 Å². The van der Waals surface area contributed by atoms with Crippen molar-refractivity contribution in [1.29, 1.82) is 0 Å². The Kier molecular flexibility index (Phi) is 3.76. The number of carbonyl (C=O) groups is 1. The average Bonchev–Trinajstić information content (AvgIpc) is 3.23. The second-order valence-corrected chi connectivity index (χ2v) is 6.93. The average molecular weight is 341 g/mol. The highest BCUT2D eigenvalue weighted by molar-refractivity contribution is 7.09. The molecule has 4 nitrogen and oxygen atoms in total. The third-order valence-electron chi connectivity index (χ3n) is 4.38. The summed E-state index contributed by atoms with van der Waals surface area (Å²) < 4.78 is 13.5. The topological polar surface area (TPSA) is 46.1 Å². The Labute approximate surface area is 143 Å². The van der Waals surface area contributed by atoms with Gasteiger partial charge < -0.3 is 4.90 Å². The first-order valence-electron chi connectivity index (χ1n) is 7.91. The van der Waals surface area contributed by atoms with E-state index in [9.17, 15) is 9.18 Å². The summed E-state index contributed by atoms with van der Waals surface area (Å²) in [5.41, 5.74) is 1.81. The largest absolute Gasteiger partial charge is 0.329 e. The van der Waals surface area contributed by atoms with Crippen molar-refractivity contribution in [2.24, 2.45) is 0 Å². The van der Waals surface area contributed by atoms with Crippen LogP contribution in [0.5, 0.6) is 0 Å². The lowest BCUT2D eigenvalue weighted by atomic mass is 10.1. The Morgan fingerprint density at radius 1 is 1.38 bits per heavy atom. The molecule has 122 valence electrons. The summed E-state index contributed by atoms with van der Waals surface area (Å²) >= 11 is 1.58. The molecule has 1 atom stereocenters. The summed E-state index contributed by atoms with van der Waals surface area (Å²) in [4.78, 5) is 23.8. The zero-order chi connectivity index (χ0) is 16.7. The van der Waals surface area contributed by atoms with E-state index in [1.165, 1.54) is 12.1 Å². The molecule has 24 heavy (non-hydrogen) atoms. The monoisotopic (exact) mass is 341 g/mol. The van der Waals surface area contributed by atoms with Crippen LogP contribution in [0.25, 0.3) is 10.9 Å². The lowest BCUT2D eigenvalue weighted by Crippen LogP contribution is -2.30. The summed E-state index contributed by atoms with van der Waals surface area (Å²) in [5.74, 6) is -0.379. The number of likely N-dealkylation sites (tertiary alicyclic amines) is 1. The minimum absolute atomic E-state index is 0.0291. The molecule has 3 aromatic rings. The van der Waals surface area contributed by atoms with Gasteiger partial charge in [0.15, 0.2) is 0 Å². The molecular weight excluding hydrogens is 325 g/mol. The predicted molar refractivity (Wildman–Crippen MR) is 91.6 cm³/mol. The Morgan fingerprint density at radius 2 is 2.25 bits per heavy atom. The van der Waals surface area contributed by atoms with Gasteiger partial charge in [0.05, 0.1) is 17.1 Å². The van der Waals surface area contributed by atoms with Crippen molar-refractivity contribution < 1.29 is 9.18 Å². The van der Waals surface area contributed by atoms with E-state index in [2.05, 4.69) is 9.97 Å².